The number of rotatable bonds is 9. The molecule has 0 atom stereocenters. The molecule has 7 nitrogen and oxygen atoms in total. The lowest BCUT2D eigenvalue weighted by atomic mass is 10.2. The quantitative estimate of drug-likeness (QED) is 0.262. The highest BCUT2D eigenvalue weighted by molar-refractivity contribution is 14.0. The summed E-state index contributed by atoms with van der Waals surface area (Å²) >= 11 is 6.34. The third-order valence-electron chi connectivity index (χ3n) is 3.99. The van der Waals surface area contributed by atoms with Crippen LogP contribution in [0.1, 0.15) is 19.4 Å². The molecule has 0 fully saturated rings. The maximum absolute atomic E-state index is 6.34. The second-order valence-corrected chi connectivity index (χ2v) is 6.30. The molecule has 0 saturated carbocycles. The van der Waals surface area contributed by atoms with Gasteiger partial charge in [0.15, 0.2) is 29.0 Å². The Kier molecular flexibility index (Phi) is 11.5. The molecule has 0 aromatic heterocycles. The Bertz CT molecular complexity index is 849. The largest absolute Gasteiger partial charge is 0.493 e. The predicted molar refractivity (Wildman–Crippen MR) is 133 cm³/mol. The molecule has 9 heteroatoms. The van der Waals surface area contributed by atoms with Crippen molar-refractivity contribution in [2.75, 3.05) is 39.8 Å². The smallest absolute Gasteiger partial charge is 0.195 e. The zero-order chi connectivity index (χ0) is 21.2. The van der Waals surface area contributed by atoms with E-state index in [4.69, 9.17) is 30.5 Å². The van der Waals surface area contributed by atoms with Crippen LogP contribution >= 0.6 is 35.6 Å². The van der Waals surface area contributed by atoms with Crippen molar-refractivity contribution in [1.82, 2.24) is 5.32 Å². The first-order valence-corrected chi connectivity index (χ1v) is 9.71. The van der Waals surface area contributed by atoms with Gasteiger partial charge in [-0.2, -0.15) is 0 Å². The minimum Gasteiger partial charge on any atom is -0.493 e. The molecule has 30 heavy (non-hydrogen) atoms. The van der Waals surface area contributed by atoms with E-state index < -0.39 is 0 Å². The molecular formula is C21H29ClIN3O4. The molecule has 0 aliphatic carbocycles. The first-order chi connectivity index (χ1) is 14.1. The average Bonchev–Trinajstić information content (AvgIpc) is 2.73. The Labute approximate surface area is 200 Å². The van der Waals surface area contributed by atoms with Gasteiger partial charge in [0.05, 0.1) is 32.5 Å². The summed E-state index contributed by atoms with van der Waals surface area (Å²) in [6.07, 6.45) is 0. The van der Waals surface area contributed by atoms with Gasteiger partial charge in [0.25, 0.3) is 0 Å². The summed E-state index contributed by atoms with van der Waals surface area (Å²) < 4.78 is 21.9. The van der Waals surface area contributed by atoms with E-state index in [1.807, 2.05) is 44.2 Å². The maximum Gasteiger partial charge on any atom is 0.195 e. The minimum absolute atomic E-state index is 0. The van der Waals surface area contributed by atoms with Gasteiger partial charge in [0.2, 0.25) is 0 Å². The number of nitrogens with zero attached hydrogens (tertiary/aromatic N) is 1. The SMILES string of the molecule is CCOc1ccc(NC(=NC)NCc2cc(Cl)c(OCC)c(OC)c2)cc1OC.I. The standard InChI is InChI=1S/C21H28ClN3O4.HI/c1-6-28-17-9-8-15(12-18(17)26-4)25-21(23-3)24-13-14-10-16(22)20(29-7-2)19(11-14)27-5;/h8-12H,6-7,13H2,1-5H3,(H2,23,24,25);1H. The normalized spacial score (nSPS) is 10.7. The van der Waals surface area contributed by atoms with Crippen LogP contribution in [0, 0.1) is 0 Å². The van der Waals surface area contributed by atoms with E-state index in [0.717, 1.165) is 11.3 Å². The average molecular weight is 550 g/mol. The summed E-state index contributed by atoms with van der Waals surface area (Å²) in [5.74, 6) is 3.08. The van der Waals surface area contributed by atoms with Gasteiger partial charge in [0.1, 0.15) is 0 Å². The van der Waals surface area contributed by atoms with Crippen LogP contribution in [0.3, 0.4) is 0 Å². The second-order valence-electron chi connectivity index (χ2n) is 5.89. The van der Waals surface area contributed by atoms with Crippen LogP contribution in [0.25, 0.3) is 0 Å². The topological polar surface area (TPSA) is 73.3 Å². The maximum atomic E-state index is 6.34. The van der Waals surface area contributed by atoms with E-state index in [9.17, 15) is 0 Å². The van der Waals surface area contributed by atoms with E-state index in [1.54, 1.807) is 21.3 Å². The zero-order valence-corrected chi connectivity index (χ0v) is 21.0. The van der Waals surface area contributed by atoms with Crippen molar-refractivity contribution in [3.63, 3.8) is 0 Å². The summed E-state index contributed by atoms with van der Waals surface area (Å²) in [4.78, 5) is 4.26. The summed E-state index contributed by atoms with van der Waals surface area (Å²) in [6.45, 7) is 5.41. The monoisotopic (exact) mass is 549 g/mol. The number of methoxy groups -OCH3 is 2. The third kappa shape index (κ3) is 7.02. The molecule has 0 radical (unpaired) electrons. The first-order valence-electron chi connectivity index (χ1n) is 9.33. The molecule has 2 aromatic carbocycles. The van der Waals surface area contributed by atoms with E-state index >= 15 is 0 Å². The molecule has 0 unspecified atom stereocenters. The number of halogens is 2. The van der Waals surface area contributed by atoms with Crippen molar-refractivity contribution in [2.45, 2.75) is 20.4 Å². The van der Waals surface area contributed by atoms with Gasteiger partial charge in [-0.1, -0.05) is 11.6 Å². The van der Waals surface area contributed by atoms with E-state index in [0.29, 0.717) is 53.7 Å². The van der Waals surface area contributed by atoms with Crippen molar-refractivity contribution in [3.05, 3.63) is 40.9 Å². The minimum atomic E-state index is 0. The predicted octanol–water partition coefficient (Wildman–Crippen LogP) is 4.96. The Morgan fingerprint density at radius 2 is 1.67 bits per heavy atom. The summed E-state index contributed by atoms with van der Waals surface area (Å²) in [6, 6.07) is 9.34. The molecule has 2 rings (SSSR count). The lowest BCUT2D eigenvalue weighted by molar-refractivity contribution is 0.311. The molecule has 166 valence electrons. The van der Waals surface area contributed by atoms with Crippen LogP contribution in [-0.4, -0.2) is 40.4 Å². The number of aliphatic imine (C=N–C) groups is 1. The number of hydrogen-bond donors (Lipinski definition) is 2. The Hall–Kier alpha value is -2.07. The van der Waals surface area contributed by atoms with E-state index in [-0.39, 0.29) is 24.0 Å². The number of benzene rings is 2. The molecule has 0 aliphatic heterocycles. The van der Waals surface area contributed by atoms with Crippen molar-refractivity contribution >= 4 is 47.2 Å². The molecule has 0 bridgehead atoms. The fourth-order valence-electron chi connectivity index (χ4n) is 2.68. The molecule has 0 aliphatic rings. The number of ether oxygens (including phenoxy) is 4. The zero-order valence-electron chi connectivity index (χ0n) is 17.9. The molecule has 0 amide bonds. The van der Waals surface area contributed by atoms with Crippen LogP contribution in [-0.2, 0) is 6.54 Å². The van der Waals surface area contributed by atoms with E-state index in [1.165, 1.54) is 0 Å². The molecule has 0 heterocycles. The van der Waals surface area contributed by atoms with Gasteiger partial charge in [-0.3, -0.25) is 4.99 Å². The molecule has 2 aromatic rings. The van der Waals surface area contributed by atoms with Crippen LogP contribution in [0.5, 0.6) is 23.0 Å². The number of anilines is 1. The van der Waals surface area contributed by atoms with Crippen molar-refractivity contribution in [3.8, 4) is 23.0 Å². The number of nitrogens with one attached hydrogen (secondary N) is 2. The van der Waals surface area contributed by atoms with Gasteiger partial charge >= 0.3 is 0 Å². The molecule has 2 N–H and O–H groups in total. The highest BCUT2D eigenvalue weighted by Gasteiger charge is 2.12. The summed E-state index contributed by atoms with van der Waals surface area (Å²) in [5.41, 5.74) is 1.75. The third-order valence-corrected chi connectivity index (χ3v) is 4.27. The highest BCUT2D eigenvalue weighted by Crippen LogP contribution is 2.36. The Morgan fingerprint density at radius 1 is 0.967 bits per heavy atom. The van der Waals surface area contributed by atoms with Crippen LogP contribution < -0.4 is 29.6 Å². The van der Waals surface area contributed by atoms with Gasteiger partial charge in [-0.05, 0) is 43.7 Å². The van der Waals surface area contributed by atoms with Crippen LogP contribution in [0.4, 0.5) is 5.69 Å². The van der Waals surface area contributed by atoms with Gasteiger partial charge in [0, 0.05) is 25.3 Å². The molecule has 0 spiro atoms. The fourth-order valence-corrected chi connectivity index (χ4v) is 2.97. The van der Waals surface area contributed by atoms with Gasteiger partial charge in [-0.15, -0.1) is 24.0 Å². The number of hydrogen-bond acceptors (Lipinski definition) is 5. The van der Waals surface area contributed by atoms with Gasteiger partial charge < -0.3 is 29.6 Å². The lowest BCUT2D eigenvalue weighted by Crippen LogP contribution is -2.30. The second kappa shape index (κ2) is 13.3. The summed E-state index contributed by atoms with van der Waals surface area (Å²) in [5, 5.41) is 6.99. The van der Waals surface area contributed by atoms with Crippen molar-refractivity contribution in [2.24, 2.45) is 4.99 Å². The van der Waals surface area contributed by atoms with Crippen molar-refractivity contribution < 1.29 is 18.9 Å². The van der Waals surface area contributed by atoms with Crippen LogP contribution in [0.2, 0.25) is 5.02 Å². The van der Waals surface area contributed by atoms with Gasteiger partial charge in [-0.25, -0.2) is 0 Å². The van der Waals surface area contributed by atoms with Crippen molar-refractivity contribution in [1.29, 1.82) is 0 Å². The highest BCUT2D eigenvalue weighted by atomic mass is 127. The van der Waals surface area contributed by atoms with Crippen LogP contribution in [0.15, 0.2) is 35.3 Å². The molecule has 0 saturated heterocycles. The molecular weight excluding hydrogens is 521 g/mol. The summed E-state index contributed by atoms with van der Waals surface area (Å²) in [7, 11) is 4.90. The first kappa shape index (κ1) is 26.0. The Balaban J connectivity index is 0.00000450. The Morgan fingerprint density at radius 3 is 2.27 bits per heavy atom. The fraction of sp³-hybridized carbons (Fsp3) is 0.381. The van der Waals surface area contributed by atoms with E-state index in [2.05, 4.69) is 15.6 Å². The lowest BCUT2D eigenvalue weighted by Gasteiger charge is -2.16. The number of guanidine groups is 1.